The maximum absolute atomic E-state index is 9.33. The van der Waals surface area contributed by atoms with Gasteiger partial charge in [-0.1, -0.05) is 18.1 Å². The van der Waals surface area contributed by atoms with Crippen LogP contribution < -0.4 is 0 Å². The Hall–Kier alpha value is -0.340. The summed E-state index contributed by atoms with van der Waals surface area (Å²) in [6.45, 7) is 6.54. The third-order valence-electron chi connectivity index (χ3n) is 3.63. The van der Waals surface area contributed by atoms with Gasteiger partial charge in [0.05, 0.1) is 13.2 Å². The van der Waals surface area contributed by atoms with E-state index in [1.807, 2.05) is 0 Å². The van der Waals surface area contributed by atoms with E-state index in [0.717, 1.165) is 12.8 Å². The second-order valence-corrected chi connectivity index (χ2v) is 4.52. The Labute approximate surface area is 80.3 Å². The molecule has 2 heteroatoms. The number of aliphatic hydroxyl groups excluding tert-OH is 2. The summed E-state index contributed by atoms with van der Waals surface area (Å²) in [5.41, 5.74) is 2.48. The summed E-state index contributed by atoms with van der Waals surface area (Å²) in [5, 5.41) is 18.7. The molecule has 0 aromatic rings. The van der Waals surface area contributed by atoms with Crippen molar-refractivity contribution in [2.75, 3.05) is 13.2 Å². The van der Waals surface area contributed by atoms with Crippen molar-refractivity contribution in [2.45, 2.75) is 33.6 Å². The van der Waals surface area contributed by atoms with E-state index in [4.69, 9.17) is 0 Å². The highest BCUT2D eigenvalue weighted by Gasteiger charge is 2.38. The van der Waals surface area contributed by atoms with Gasteiger partial charge in [-0.25, -0.2) is 0 Å². The Morgan fingerprint density at radius 1 is 1.23 bits per heavy atom. The Bertz CT molecular complexity index is 214. The lowest BCUT2D eigenvalue weighted by atomic mass is 9.66. The molecule has 0 heterocycles. The normalized spacial score (nSPS) is 27.9. The molecule has 1 aliphatic carbocycles. The molecule has 1 rings (SSSR count). The standard InChI is InChI=1S/C11H20O2/c1-8-4-10(3)11(6-12,7-13)5-9(8)2/h10,12-13H,4-7H2,1-3H3. The fraction of sp³-hybridized carbons (Fsp3) is 0.818. The molecule has 1 unspecified atom stereocenters. The van der Waals surface area contributed by atoms with E-state index in [0.29, 0.717) is 5.92 Å². The molecule has 0 spiro atoms. The maximum atomic E-state index is 9.33. The van der Waals surface area contributed by atoms with Gasteiger partial charge >= 0.3 is 0 Å². The van der Waals surface area contributed by atoms with Crippen LogP contribution in [-0.4, -0.2) is 23.4 Å². The van der Waals surface area contributed by atoms with Gasteiger partial charge in [0.2, 0.25) is 0 Å². The molecule has 0 radical (unpaired) electrons. The van der Waals surface area contributed by atoms with Crippen LogP contribution in [0.1, 0.15) is 33.6 Å². The minimum atomic E-state index is -0.274. The monoisotopic (exact) mass is 184 g/mol. The molecule has 0 aromatic carbocycles. The van der Waals surface area contributed by atoms with Crippen molar-refractivity contribution in [1.82, 2.24) is 0 Å². The predicted octanol–water partition coefficient (Wildman–Crippen LogP) is 1.72. The summed E-state index contributed by atoms with van der Waals surface area (Å²) in [6.07, 6.45) is 1.85. The molecule has 0 saturated heterocycles. The summed E-state index contributed by atoms with van der Waals surface area (Å²) in [6, 6.07) is 0. The van der Waals surface area contributed by atoms with Crippen molar-refractivity contribution < 1.29 is 10.2 Å². The van der Waals surface area contributed by atoms with E-state index in [2.05, 4.69) is 20.8 Å². The van der Waals surface area contributed by atoms with Crippen molar-refractivity contribution in [1.29, 1.82) is 0 Å². The van der Waals surface area contributed by atoms with Gasteiger partial charge < -0.3 is 10.2 Å². The average molecular weight is 184 g/mol. The largest absolute Gasteiger partial charge is 0.396 e. The molecular weight excluding hydrogens is 164 g/mol. The Morgan fingerprint density at radius 3 is 2.23 bits per heavy atom. The van der Waals surface area contributed by atoms with Crippen LogP contribution in [0, 0.1) is 11.3 Å². The second-order valence-electron chi connectivity index (χ2n) is 4.52. The first-order valence-corrected chi connectivity index (χ1v) is 4.92. The van der Waals surface area contributed by atoms with Gasteiger partial charge in [0, 0.05) is 5.41 Å². The van der Waals surface area contributed by atoms with Crippen molar-refractivity contribution in [3.8, 4) is 0 Å². The van der Waals surface area contributed by atoms with Crippen molar-refractivity contribution in [3.05, 3.63) is 11.1 Å². The molecule has 2 nitrogen and oxygen atoms in total. The highest BCUT2D eigenvalue weighted by atomic mass is 16.3. The number of rotatable bonds is 2. The summed E-state index contributed by atoms with van der Waals surface area (Å²) in [4.78, 5) is 0. The van der Waals surface area contributed by atoms with Gasteiger partial charge in [-0.05, 0) is 32.6 Å². The first-order chi connectivity index (χ1) is 6.05. The Balaban J connectivity index is 2.90. The lowest BCUT2D eigenvalue weighted by Gasteiger charge is -2.40. The molecule has 0 fully saturated rings. The van der Waals surface area contributed by atoms with Crippen molar-refractivity contribution >= 4 is 0 Å². The zero-order valence-electron chi connectivity index (χ0n) is 8.80. The van der Waals surface area contributed by atoms with Crippen molar-refractivity contribution in [2.24, 2.45) is 11.3 Å². The molecule has 0 aliphatic heterocycles. The fourth-order valence-electron chi connectivity index (χ4n) is 2.18. The molecule has 1 aliphatic rings. The Kier molecular flexibility index (Phi) is 3.14. The van der Waals surface area contributed by atoms with Gasteiger partial charge in [0.25, 0.3) is 0 Å². The molecular formula is C11H20O2. The topological polar surface area (TPSA) is 40.5 Å². The summed E-state index contributed by atoms with van der Waals surface area (Å²) < 4.78 is 0. The highest BCUT2D eigenvalue weighted by molar-refractivity contribution is 5.18. The minimum absolute atomic E-state index is 0.0925. The van der Waals surface area contributed by atoms with E-state index in [1.54, 1.807) is 0 Å². The number of hydrogen-bond acceptors (Lipinski definition) is 2. The smallest absolute Gasteiger partial charge is 0.0515 e. The van der Waals surface area contributed by atoms with Crippen LogP contribution in [0.3, 0.4) is 0 Å². The van der Waals surface area contributed by atoms with Gasteiger partial charge in [0.1, 0.15) is 0 Å². The van der Waals surface area contributed by atoms with Crippen LogP contribution >= 0.6 is 0 Å². The quantitative estimate of drug-likeness (QED) is 0.642. The van der Waals surface area contributed by atoms with Gasteiger partial charge in [-0.2, -0.15) is 0 Å². The SMILES string of the molecule is CC1=C(C)CC(CO)(CO)C(C)C1. The van der Waals surface area contributed by atoms with Gasteiger partial charge in [-0.3, -0.25) is 0 Å². The second kappa shape index (κ2) is 3.81. The van der Waals surface area contributed by atoms with Crippen LogP contribution in [-0.2, 0) is 0 Å². The third-order valence-corrected chi connectivity index (χ3v) is 3.63. The van der Waals surface area contributed by atoms with Crippen molar-refractivity contribution in [3.63, 3.8) is 0 Å². The van der Waals surface area contributed by atoms with Crippen LogP contribution in [0.5, 0.6) is 0 Å². The van der Waals surface area contributed by atoms with E-state index in [-0.39, 0.29) is 18.6 Å². The zero-order chi connectivity index (χ0) is 10.1. The van der Waals surface area contributed by atoms with Crippen LogP contribution in [0.4, 0.5) is 0 Å². The van der Waals surface area contributed by atoms with E-state index >= 15 is 0 Å². The molecule has 2 N–H and O–H groups in total. The number of allylic oxidation sites excluding steroid dienone is 2. The van der Waals surface area contributed by atoms with Gasteiger partial charge in [-0.15, -0.1) is 0 Å². The number of aliphatic hydroxyl groups is 2. The third kappa shape index (κ3) is 1.79. The minimum Gasteiger partial charge on any atom is -0.396 e. The van der Waals surface area contributed by atoms with Crippen LogP contribution in [0.15, 0.2) is 11.1 Å². The first kappa shape index (κ1) is 10.7. The zero-order valence-corrected chi connectivity index (χ0v) is 8.80. The summed E-state index contributed by atoms with van der Waals surface area (Å²) in [5.74, 6) is 0.381. The molecule has 0 saturated carbocycles. The predicted molar refractivity (Wildman–Crippen MR) is 53.4 cm³/mol. The summed E-state index contributed by atoms with van der Waals surface area (Å²) >= 11 is 0. The van der Waals surface area contributed by atoms with E-state index in [1.165, 1.54) is 11.1 Å². The van der Waals surface area contributed by atoms with E-state index in [9.17, 15) is 10.2 Å². The van der Waals surface area contributed by atoms with Crippen LogP contribution in [0.2, 0.25) is 0 Å². The molecule has 0 bridgehead atoms. The molecule has 0 aromatic heterocycles. The first-order valence-electron chi connectivity index (χ1n) is 4.92. The van der Waals surface area contributed by atoms with Crippen LogP contribution in [0.25, 0.3) is 0 Å². The molecule has 1 atom stereocenters. The fourth-order valence-corrected chi connectivity index (χ4v) is 2.18. The summed E-state index contributed by atoms with van der Waals surface area (Å²) in [7, 11) is 0. The molecule has 0 amide bonds. The Morgan fingerprint density at radius 2 is 1.77 bits per heavy atom. The average Bonchev–Trinajstić information content (AvgIpc) is 2.12. The molecule has 13 heavy (non-hydrogen) atoms. The number of hydrogen-bond donors (Lipinski definition) is 2. The van der Waals surface area contributed by atoms with E-state index < -0.39 is 0 Å². The lowest BCUT2D eigenvalue weighted by Crippen LogP contribution is -2.39. The molecule has 76 valence electrons. The van der Waals surface area contributed by atoms with Gasteiger partial charge in [0.15, 0.2) is 0 Å². The lowest BCUT2D eigenvalue weighted by molar-refractivity contribution is 0.00449. The highest BCUT2D eigenvalue weighted by Crippen LogP contribution is 2.42. The maximum Gasteiger partial charge on any atom is 0.0515 e.